The summed E-state index contributed by atoms with van der Waals surface area (Å²) >= 11 is 12.7. The molecule has 1 aromatic heterocycles. The molecule has 200 valence electrons. The summed E-state index contributed by atoms with van der Waals surface area (Å²) < 4.78 is 0. The van der Waals surface area contributed by atoms with Gasteiger partial charge in [-0.3, -0.25) is 0 Å². The van der Waals surface area contributed by atoms with E-state index in [1.807, 2.05) is 78.9 Å². The van der Waals surface area contributed by atoms with Crippen LogP contribution in [0.5, 0.6) is 0 Å². The van der Waals surface area contributed by atoms with E-state index in [0.717, 1.165) is 49.7 Å². The molecule has 0 aliphatic rings. The smallest absolute Gasteiger partial charge is 0.164 e. The van der Waals surface area contributed by atoms with Gasteiger partial charge in [-0.1, -0.05) is 138 Å². The van der Waals surface area contributed by atoms with Gasteiger partial charge in [0.15, 0.2) is 17.5 Å². The first-order valence-electron chi connectivity index (χ1n) is 13.6. The predicted octanol–water partition coefficient (Wildman–Crippen LogP) is 10.7. The molecule has 7 aromatic rings. The van der Waals surface area contributed by atoms with Gasteiger partial charge < -0.3 is 0 Å². The van der Waals surface area contributed by atoms with Crippen LogP contribution in [0.3, 0.4) is 0 Å². The molecule has 0 bridgehead atoms. The maximum Gasteiger partial charge on any atom is 0.164 e. The van der Waals surface area contributed by atoms with E-state index in [-0.39, 0.29) is 0 Å². The molecule has 0 spiro atoms. The van der Waals surface area contributed by atoms with E-state index < -0.39 is 0 Å². The summed E-state index contributed by atoms with van der Waals surface area (Å²) in [5, 5.41) is 3.48. The molecule has 7 rings (SSSR count). The Balaban J connectivity index is 1.37. The summed E-state index contributed by atoms with van der Waals surface area (Å²) in [6.45, 7) is 0. The quantitative estimate of drug-likeness (QED) is 0.203. The molecule has 42 heavy (non-hydrogen) atoms. The van der Waals surface area contributed by atoms with E-state index in [1.54, 1.807) is 6.07 Å². The zero-order valence-electron chi connectivity index (χ0n) is 22.4. The van der Waals surface area contributed by atoms with E-state index >= 15 is 0 Å². The summed E-state index contributed by atoms with van der Waals surface area (Å²) in [6, 6.07) is 46.8. The SMILES string of the molecule is Clc1cc(Cl)cc(-c2ccc(-c3cccc(-c4nc(-c5ccccc5)nc(-c5ccccc5)n4)c3)c3ccccc23)c1. The predicted molar refractivity (Wildman–Crippen MR) is 175 cm³/mol. The molecular weight excluding hydrogens is 557 g/mol. The molecule has 3 nitrogen and oxygen atoms in total. The third-order valence-electron chi connectivity index (χ3n) is 7.23. The molecule has 0 N–H and O–H groups in total. The first kappa shape index (κ1) is 26.1. The molecule has 6 aromatic carbocycles. The zero-order valence-corrected chi connectivity index (χ0v) is 23.9. The third kappa shape index (κ3) is 5.16. The van der Waals surface area contributed by atoms with Crippen molar-refractivity contribution >= 4 is 34.0 Å². The molecule has 5 heteroatoms. The van der Waals surface area contributed by atoms with E-state index in [9.17, 15) is 0 Å². The molecular formula is C37H23Cl2N3. The van der Waals surface area contributed by atoms with Gasteiger partial charge in [-0.15, -0.1) is 0 Å². The maximum absolute atomic E-state index is 6.35. The Morgan fingerprint density at radius 2 is 0.762 bits per heavy atom. The van der Waals surface area contributed by atoms with Gasteiger partial charge in [-0.2, -0.15) is 0 Å². The lowest BCUT2D eigenvalue weighted by Crippen LogP contribution is -2.00. The Morgan fingerprint density at radius 3 is 1.31 bits per heavy atom. The van der Waals surface area contributed by atoms with Gasteiger partial charge in [-0.05, 0) is 57.3 Å². The van der Waals surface area contributed by atoms with Crippen LogP contribution in [0.2, 0.25) is 10.0 Å². The van der Waals surface area contributed by atoms with Gasteiger partial charge in [-0.25, -0.2) is 15.0 Å². The second-order valence-corrected chi connectivity index (χ2v) is 10.9. The number of rotatable bonds is 5. The second kappa shape index (κ2) is 11.2. The van der Waals surface area contributed by atoms with Crippen LogP contribution in [0.4, 0.5) is 0 Å². The molecule has 0 unspecified atom stereocenters. The molecule has 0 aliphatic carbocycles. The highest BCUT2D eigenvalue weighted by Gasteiger charge is 2.15. The van der Waals surface area contributed by atoms with Gasteiger partial charge in [0.2, 0.25) is 0 Å². The van der Waals surface area contributed by atoms with E-state index in [1.165, 1.54) is 0 Å². The minimum atomic E-state index is 0.612. The number of fused-ring (bicyclic) bond motifs is 1. The normalized spacial score (nSPS) is 11.1. The Bertz CT molecular complexity index is 1980. The standard InChI is InChI=1S/C37H23Cl2N3/c38-29-21-28(22-30(39)23-29)32-19-18-31(33-16-7-8-17-34(32)33)26-14-9-15-27(20-26)37-41-35(24-10-3-1-4-11-24)40-36(42-37)25-12-5-2-6-13-25/h1-23H. The first-order chi connectivity index (χ1) is 20.6. The van der Waals surface area contributed by atoms with Crippen LogP contribution in [0.25, 0.3) is 67.2 Å². The first-order valence-corrected chi connectivity index (χ1v) is 14.3. The van der Waals surface area contributed by atoms with Crippen molar-refractivity contribution in [3.63, 3.8) is 0 Å². The van der Waals surface area contributed by atoms with Gasteiger partial charge in [0.25, 0.3) is 0 Å². The molecule has 0 aliphatic heterocycles. The average Bonchev–Trinajstić information content (AvgIpc) is 3.04. The summed E-state index contributed by atoms with van der Waals surface area (Å²) in [4.78, 5) is 14.7. The van der Waals surface area contributed by atoms with Crippen molar-refractivity contribution in [3.05, 3.63) is 150 Å². The topological polar surface area (TPSA) is 38.7 Å². The highest BCUT2D eigenvalue weighted by atomic mass is 35.5. The fraction of sp³-hybridized carbons (Fsp3) is 0. The van der Waals surface area contributed by atoms with Crippen LogP contribution in [-0.4, -0.2) is 15.0 Å². The van der Waals surface area contributed by atoms with Crippen LogP contribution in [0.1, 0.15) is 0 Å². The fourth-order valence-electron chi connectivity index (χ4n) is 5.28. The van der Waals surface area contributed by atoms with Crippen LogP contribution in [-0.2, 0) is 0 Å². The molecule has 0 atom stereocenters. The minimum absolute atomic E-state index is 0.612. The Kier molecular flexibility index (Phi) is 6.97. The van der Waals surface area contributed by atoms with Crippen molar-refractivity contribution in [2.45, 2.75) is 0 Å². The average molecular weight is 581 g/mol. The molecule has 0 radical (unpaired) electrons. The molecule has 1 heterocycles. The van der Waals surface area contributed by atoms with Crippen LogP contribution in [0, 0.1) is 0 Å². The molecule has 0 saturated carbocycles. The van der Waals surface area contributed by atoms with Gasteiger partial charge in [0, 0.05) is 26.7 Å². The second-order valence-electron chi connectivity index (χ2n) is 9.98. The van der Waals surface area contributed by atoms with E-state index in [4.69, 9.17) is 38.2 Å². The number of hydrogen-bond acceptors (Lipinski definition) is 3. The third-order valence-corrected chi connectivity index (χ3v) is 7.67. The minimum Gasteiger partial charge on any atom is -0.208 e. The lowest BCUT2D eigenvalue weighted by atomic mass is 9.91. The van der Waals surface area contributed by atoms with Gasteiger partial charge in [0.1, 0.15) is 0 Å². The summed E-state index contributed by atoms with van der Waals surface area (Å²) in [6.07, 6.45) is 0. The highest BCUT2D eigenvalue weighted by Crippen LogP contribution is 2.38. The molecule has 0 fully saturated rings. The van der Waals surface area contributed by atoms with Crippen molar-refractivity contribution in [1.82, 2.24) is 15.0 Å². The summed E-state index contributed by atoms with van der Waals surface area (Å²) in [5.41, 5.74) is 7.05. The van der Waals surface area contributed by atoms with E-state index in [2.05, 4.69) is 54.6 Å². The number of halogens is 2. The lowest BCUT2D eigenvalue weighted by Gasteiger charge is -2.14. The maximum atomic E-state index is 6.35. The summed E-state index contributed by atoms with van der Waals surface area (Å²) in [5.74, 6) is 1.90. The van der Waals surface area contributed by atoms with Crippen molar-refractivity contribution < 1.29 is 0 Å². The monoisotopic (exact) mass is 579 g/mol. The largest absolute Gasteiger partial charge is 0.208 e. The van der Waals surface area contributed by atoms with Crippen molar-refractivity contribution in [1.29, 1.82) is 0 Å². The zero-order chi connectivity index (χ0) is 28.5. The van der Waals surface area contributed by atoms with E-state index in [0.29, 0.717) is 27.5 Å². The van der Waals surface area contributed by atoms with Crippen molar-refractivity contribution in [3.8, 4) is 56.4 Å². The highest BCUT2D eigenvalue weighted by molar-refractivity contribution is 6.35. The van der Waals surface area contributed by atoms with Crippen LogP contribution < -0.4 is 0 Å². The van der Waals surface area contributed by atoms with Crippen molar-refractivity contribution in [2.24, 2.45) is 0 Å². The fourth-order valence-corrected chi connectivity index (χ4v) is 5.80. The lowest BCUT2D eigenvalue weighted by molar-refractivity contribution is 1.07. The number of aromatic nitrogens is 3. The van der Waals surface area contributed by atoms with Gasteiger partial charge >= 0.3 is 0 Å². The molecule has 0 saturated heterocycles. The summed E-state index contributed by atoms with van der Waals surface area (Å²) in [7, 11) is 0. The van der Waals surface area contributed by atoms with Crippen LogP contribution >= 0.6 is 23.2 Å². The number of nitrogens with zero attached hydrogens (tertiary/aromatic N) is 3. The molecule has 0 amide bonds. The Labute approximate surface area is 254 Å². The Hall–Kier alpha value is -4.83. The van der Waals surface area contributed by atoms with Crippen molar-refractivity contribution in [2.75, 3.05) is 0 Å². The number of benzene rings is 6. The van der Waals surface area contributed by atoms with Gasteiger partial charge in [0.05, 0.1) is 0 Å². The number of hydrogen-bond donors (Lipinski definition) is 0. The Morgan fingerprint density at radius 1 is 0.333 bits per heavy atom. The van der Waals surface area contributed by atoms with Crippen LogP contribution in [0.15, 0.2) is 140 Å².